The van der Waals surface area contributed by atoms with E-state index in [4.69, 9.17) is 4.74 Å². The summed E-state index contributed by atoms with van der Waals surface area (Å²) >= 11 is 0. The van der Waals surface area contributed by atoms with Crippen molar-refractivity contribution in [2.45, 2.75) is 6.42 Å². The Balaban J connectivity index is 2.06. The molecular weight excluding hydrogens is 228 g/mol. The minimum atomic E-state index is -0.308. The fraction of sp³-hybridized carbons (Fsp3) is 0.133. The van der Waals surface area contributed by atoms with Gasteiger partial charge in [-0.05, 0) is 24.3 Å². The minimum absolute atomic E-state index is 0.308. The number of carbonyl (C=O) groups is 1. The van der Waals surface area contributed by atoms with Crippen molar-refractivity contribution < 1.29 is 14.3 Å². The number of esters is 1. The topological polar surface area (TPSA) is 35.5 Å². The van der Waals surface area contributed by atoms with Crippen molar-refractivity contribution in [3.05, 3.63) is 66.0 Å². The number of allylic oxidation sites excluding steroid dienone is 4. The van der Waals surface area contributed by atoms with Crippen molar-refractivity contribution in [3.63, 3.8) is 0 Å². The molecule has 3 heteroatoms. The molecule has 1 aliphatic rings. The van der Waals surface area contributed by atoms with Crippen LogP contribution in [0, 0.1) is 0 Å². The van der Waals surface area contributed by atoms with Crippen molar-refractivity contribution in [1.29, 1.82) is 0 Å². The van der Waals surface area contributed by atoms with E-state index in [9.17, 15) is 4.79 Å². The largest absolute Gasteiger partial charge is 0.466 e. The molecule has 0 aromatic heterocycles. The summed E-state index contributed by atoms with van der Waals surface area (Å²) in [6.07, 6.45) is 7.71. The summed E-state index contributed by atoms with van der Waals surface area (Å²) in [6, 6.07) is 9.52. The van der Waals surface area contributed by atoms with Crippen LogP contribution in [0.1, 0.15) is 6.42 Å². The zero-order valence-corrected chi connectivity index (χ0v) is 10.1. The number of rotatable bonds is 3. The summed E-state index contributed by atoms with van der Waals surface area (Å²) in [5, 5.41) is 0. The second-order valence-electron chi connectivity index (χ2n) is 3.77. The Bertz CT molecular complexity index is 510. The molecule has 18 heavy (non-hydrogen) atoms. The van der Waals surface area contributed by atoms with E-state index in [1.54, 1.807) is 12.2 Å². The Morgan fingerprint density at radius 3 is 2.72 bits per heavy atom. The summed E-state index contributed by atoms with van der Waals surface area (Å²) in [4.78, 5) is 11.4. The van der Waals surface area contributed by atoms with Crippen LogP contribution in [-0.4, -0.2) is 13.1 Å². The number of ether oxygens (including phenoxy) is 2. The lowest BCUT2D eigenvalue weighted by Gasteiger charge is -2.05. The quantitative estimate of drug-likeness (QED) is 0.764. The maximum absolute atomic E-state index is 11.4. The van der Waals surface area contributed by atoms with Gasteiger partial charge in [0.15, 0.2) is 0 Å². The van der Waals surface area contributed by atoms with Gasteiger partial charge in [0.05, 0.1) is 7.11 Å². The van der Waals surface area contributed by atoms with E-state index in [2.05, 4.69) is 4.74 Å². The lowest BCUT2D eigenvalue weighted by Crippen LogP contribution is -2.03. The maximum atomic E-state index is 11.4. The minimum Gasteiger partial charge on any atom is -0.466 e. The Hall–Kier alpha value is -2.29. The summed E-state index contributed by atoms with van der Waals surface area (Å²) in [7, 11) is 1.38. The van der Waals surface area contributed by atoms with Crippen LogP contribution in [0.3, 0.4) is 0 Å². The fourth-order valence-electron chi connectivity index (χ4n) is 1.59. The molecule has 2 rings (SSSR count). The average molecular weight is 242 g/mol. The first kappa shape index (κ1) is 12.2. The molecule has 3 nitrogen and oxygen atoms in total. The standard InChI is InChI=1S/C15H14O3/c1-17-15(16)12-6-5-9-14(11-10-12)18-13-7-3-2-4-8-13/h2-9,11H,10H2,1H3. The molecule has 0 heterocycles. The zero-order chi connectivity index (χ0) is 12.8. The van der Waals surface area contributed by atoms with E-state index in [1.807, 2.05) is 42.5 Å². The molecule has 0 N–H and O–H groups in total. The Kier molecular flexibility index (Phi) is 3.97. The first-order valence-electron chi connectivity index (χ1n) is 5.68. The lowest BCUT2D eigenvalue weighted by atomic mass is 10.2. The van der Waals surface area contributed by atoms with E-state index in [-0.39, 0.29) is 5.97 Å². The molecule has 0 saturated carbocycles. The third kappa shape index (κ3) is 3.10. The second kappa shape index (κ2) is 5.87. The van der Waals surface area contributed by atoms with Gasteiger partial charge in [-0.15, -0.1) is 0 Å². The normalized spacial score (nSPS) is 14.3. The number of carbonyl (C=O) groups excluding carboxylic acids is 1. The number of methoxy groups -OCH3 is 1. The molecule has 0 unspecified atom stereocenters. The summed E-state index contributed by atoms with van der Waals surface area (Å²) in [5.41, 5.74) is 0.611. The molecule has 0 radical (unpaired) electrons. The molecule has 0 atom stereocenters. The van der Waals surface area contributed by atoms with Crippen LogP contribution in [0.4, 0.5) is 0 Å². The molecule has 1 aromatic carbocycles. The van der Waals surface area contributed by atoms with Crippen LogP contribution in [-0.2, 0) is 9.53 Å². The van der Waals surface area contributed by atoms with E-state index < -0.39 is 0 Å². The first-order valence-corrected chi connectivity index (χ1v) is 5.68. The molecule has 1 aliphatic carbocycles. The third-order valence-electron chi connectivity index (χ3n) is 2.51. The Morgan fingerprint density at radius 2 is 2.00 bits per heavy atom. The van der Waals surface area contributed by atoms with E-state index in [0.29, 0.717) is 12.0 Å². The van der Waals surface area contributed by atoms with Crippen LogP contribution < -0.4 is 4.74 Å². The predicted molar refractivity (Wildman–Crippen MR) is 69.0 cm³/mol. The van der Waals surface area contributed by atoms with Crippen LogP contribution in [0.15, 0.2) is 66.0 Å². The lowest BCUT2D eigenvalue weighted by molar-refractivity contribution is -0.136. The Morgan fingerprint density at radius 1 is 1.22 bits per heavy atom. The van der Waals surface area contributed by atoms with Gasteiger partial charge in [0, 0.05) is 12.0 Å². The number of hydrogen-bond donors (Lipinski definition) is 0. The monoisotopic (exact) mass is 242 g/mol. The highest BCUT2D eigenvalue weighted by Crippen LogP contribution is 2.18. The number of benzene rings is 1. The highest BCUT2D eigenvalue weighted by Gasteiger charge is 2.09. The predicted octanol–water partition coefficient (Wildman–Crippen LogP) is 3.01. The maximum Gasteiger partial charge on any atom is 0.334 e. The molecule has 0 amide bonds. The van der Waals surface area contributed by atoms with Gasteiger partial charge in [-0.1, -0.05) is 30.4 Å². The third-order valence-corrected chi connectivity index (χ3v) is 2.51. The van der Waals surface area contributed by atoms with Gasteiger partial charge in [-0.25, -0.2) is 4.79 Å². The summed E-state index contributed by atoms with van der Waals surface area (Å²) in [6.45, 7) is 0. The van der Waals surface area contributed by atoms with Gasteiger partial charge in [-0.2, -0.15) is 0 Å². The molecule has 1 aromatic rings. The zero-order valence-electron chi connectivity index (χ0n) is 10.1. The van der Waals surface area contributed by atoms with Crippen molar-refractivity contribution in [2.75, 3.05) is 7.11 Å². The molecule has 0 bridgehead atoms. The van der Waals surface area contributed by atoms with Gasteiger partial charge < -0.3 is 9.47 Å². The van der Waals surface area contributed by atoms with Crippen LogP contribution in [0.2, 0.25) is 0 Å². The van der Waals surface area contributed by atoms with Gasteiger partial charge in [0.2, 0.25) is 0 Å². The van der Waals surface area contributed by atoms with Gasteiger partial charge >= 0.3 is 5.97 Å². The summed E-state index contributed by atoms with van der Waals surface area (Å²) in [5.74, 6) is 1.18. The highest BCUT2D eigenvalue weighted by atomic mass is 16.5. The van der Waals surface area contributed by atoms with E-state index >= 15 is 0 Å². The smallest absolute Gasteiger partial charge is 0.334 e. The van der Waals surface area contributed by atoms with Crippen molar-refractivity contribution >= 4 is 5.97 Å². The number of para-hydroxylation sites is 1. The first-order chi connectivity index (χ1) is 8.79. The highest BCUT2D eigenvalue weighted by molar-refractivity contribution is 5.89. The van der Waals surface area contributed by atoms with Gasteiger partial charge in [0.1, 0.15) is 11.5 Å². The number of hydrogen-bond acceptors (Lipinski definition) is 3. The van der Waals surface area contributed by atoms with Crippen LogP contribution in [0.5, 0.6) is 5.75 Å². The van der Waals surface area contributed by atoms with E-state index in [0.717, 1.165) is 11.5 Å². The average Bonchev–Trinajstić information content (AvgIpc) is 2.65. The fourth-order valence-corrected chi connectivity index (χ4v) is 1.59. The van der Waals surface area contributed by atoms with Crippen molar-refractivity contribution in [3.8, 4) is 5.75 Å². The molecule has 0 saturated heterocycles. The van der Waals surface area contributed by atoms with Gasteiger partial charge in [-0.3, -0.25) is 0 Å². The van der Waals surface area contributed by atoms with Crippen molar-refractivity contribution in [2.24, 2.45) is 0 Å². The molecule has 0 spiro atoms. The molecule has 0 fully saturated rings. The van der Waals surface area contributed by atoms with E-state index in [1.165, 1.54) is 7.11 Å². The summed E-state index contributed by atoms with van der Waals surface area (Å²) < 4.78 is 10.4. The van der Waals surface area contributed by atoms with Crippen LogP contribution in [0.25, 0.3) is 0 Å². The Labute approximate surface area is 106 Å². The van der Waals surface area contributed by atoms with Crippen molar-refractivity contribution in [1.82, 2.24) is 0 Å². The SMILES string of the molecule is COC(=O)C1=CC=CC(Oc2ccccc2)=CC1. The van der Waals surface area contributed by atoms with Gasteiger partial charge in [0.25, 0.3) is 0 Å². The van der Waals surface area contributed by atoms with Crippen LogP contribution >= 0.6 is 0 Å². The molecule has 92 valence electrons. The second-order valence-corrected chi connectivity index (χ2v) is 3.77. The molecular formula is C15H14O3. The molecule has 0 aliphatic heterocycles.